The number of alkyl halides is 3. The van der Waals surface area contributed by atoms with E-state index >= 15 is 0 Å². The van der Waals surface area contributed by atoms with Crippen LogP contribution in [0.4, 0.5) is 13.2 Å². The maximum absolute atomic E-state index is 12.7. The Morgan fingerprint density at radius 2 is 1.85 bits per heavy atom. The van der Waals surface area contributed by atoms with E-state index in [0.717, 1.165) is 10.9 Å². The number of fused-ring (bicyclic) bond motifs is 1. The predicted octanol–water partition coefficient (Wildman–Crippen LogP) is 6.74. The van der Waals surface area contributed by atoms with Crippen LogP contribution >= 0.6 is 11.8 Å². The van der Waals surface area contributed by atoms with Gasteiger partial charge in [-0.1, -0.05) is 60.3 Å². The summed E-state index contributed by atoms with van der Waals surface area (Å²) in [6.45, 7) is 1.90. The second-order valence-corrected chi connectivity index (χ2v) is 7.51. The van der Waals surface area contributed by atoms with Crippen LogP contribution in [0, 0.1) is 6.92 Å². The molecular formula is C21H19F3O2S. The summed E-state index contributed by atoms with van der Waals surface area (Å²) in [5.41, 5.74) is -2.13. The first kappa shape index (κ1) is 19.5. The number of hydrogen-bond acceptors (Lipinski definition) is 3. The lowest BCUT2D eigenvalue weighted by Crippen LogP contribution is -2.10. The fourth-order valence-electron chi connectivity index (χ4n) is 3.01. The smallest absolute Gasteiger partial charge is 0.441 e. The van der Waals surface area contributed by atoms with E-state index in [2.05, 4.69) is 0 Å². The number of hydrogen-bond donors (Lipinski definition) is 0. The standard InChI is InChI=1S/C21H19F3O2S/c1-14-6-5-9-16-12-19(26-20(14)16)17(13-27-21(22,23)24)10-11-18(25)15-7-3-2-4-8-15/h2-9,12,17H,10-11,13H2,1H3. The van der Waals surface area contributed by atoms with Crippen LogP contribution in [0.5, 0.6) is 0 Å². The minimum absolute atomic E-state index is 0.0732. The zero-order valence-electron chi connectivity index (χ0n) is 14.8. The maximum Gasteiger partial charge on any atom is 0.441 e. The van der Waals surface area contributed by atoms with E-state index in [9.17, 15) is 18.0 Å². The molecule has 0 fully saturated rings. The normalized spacial score (nSPS) is 13.0. The van der Waals surface area contributed by atoms with Crippen LogP contribution in [0.25, 0.3) is 11.0 Å². The third kappa shape index (κ3) is 5.16. The van der Waals surface area contributed by atoms with Crippen molar-refractivity contribution >= 4 is 28.5 Å². The van der Waals surface area contributed by atoms with Crippen LogP contribution in [-0.4, -0.2) is 17.0 Å². The fraction of sp³-hybridized carbons (Fsp3) is 0.286. The highest BCUT2D eigenvalue weighted by molar-refractivity contribution is 8.00. The first-order chi connectivity index (χ1) is 12.8. The van der Waals surface area contributed by atoms with Gasteiger partial charge in [-0.25, -0.2) is 0 Å². The summed E-state index contributed by atoms with van der Waals surface area (Å²) in [4.78, 5) is 12.3. The van der Waals surface area contributed by atoms with Crippen LogP contribution in [0.15, 0.2) is 59.0 Å². The van der Waals surface area contributed by atoms with Gasteiger partial charge in [0.05, 0.1) is 0 Å². The van der Waals surface area contributed by atoms with E-state index in [-0.39, 0.29) is 29.7 Å². The Morgan fingerprint density at radius 1 is 1.11 bits per heavy atom. The molecule has 3 rings (SSSR count). The zero-order chi connectivity index (χ0) is 19.4. The molecule has 0 saturated heterocycles. The Morgan fingerprint density at radius 3 is 2.52 bits per heavy atom. The van der Waals surface area contributed by atoms with Gasteiger partial charge in [-0.05, 0) is 25.0 Å². The summed E-state index contributed by atoms with van der Waals surface area (Å²) in [5.74, 6) is -0.248. The molecule has 142 valence electrons. The summed E-state index contributed by atoms with van der Waals surface area (Å²) in [7, 11) is 0. The molecule has 1 unspecified atom stereocenters. The van der Waals surface area contributed by atoms with Crippen molar-refractivity contribution in [2.45, 2.75) is 31.2 Å². The van der Waals surface area contributed by atoms with Crippen LogP contribution < -0.4 is 0 Å². The van der Waals surface area contributed by atoms with Gasteiger partial charge in [-0.15, -0.1) is 0 Å². The molecule has 0 aliphatic heterocycles. The summed E-state index contributed by atoms with van der Waals surface area (Å²) in [6, 6.07) is 16.2. The van der Waals surface area contributed by atoms with Gasteiger partial charge in [0.25, 0.3) is 0 Å². The molecular weight excluding hydrogens is 373 g/mol. The third-order valence-electron chi connectivity index (χ3n) is 4.43. The number of ketones is 1. The lowest BCUT2D eigenvalue weighted by atomic mass is 9.98. The molecule has 0 radical (unpaired) electrons. The maximum atomic E-state index is 12.7. The molecule has 6 heteroatoms. The average molecular weight is 392 g/mol. The highest BCUT2D eigenvalue weighted by Crippen LogP contribution is 2.38. The van der Waals surface area contributed by atoms with Crippen molar-refractivity contribution in [1.82, 2.24) is 0 Å². The van der Waals surface area contributed by atoms with E-state index in [1.807, 2.05) is 31.2 Å². The third-order valence-corrected chi connectivity index (χ3v) is 5.32. The molecule has 0 spiro atoms. The number of para-hydroxylation sites is 1. The molecule has 0 amide bonds. The molecule has 2 nitrogen and oxygen atoms in total. The van der Waals surface area contributed by atoms with Crippen LogP contribution in [0.2, 0.25) is 0 Å². The van der Waals surface area contributed by atoms with Gasteiger partial charge in [-0.3, -0.25) is 4.79 Å². The summed E-state index contributed by atoms with van der Waals surface area (Å²) in [5, 5.41) is 0.862. The molecule has 0 bridgehead atoms. The quantitative estimate of drug-likeness (QED) is 0.417. The SMILES string of the molecule is Cc1cccc2cc(C(CCC(=O)c3ccccc3)CSC(F)(F)F)oc12. The van der Waals surface area contributed by atoms with E-state index < -0.39 is 11.4 Å². The Balaban J connectivity index is 1.79. The van der Waals surface area contributed by atoms with Crippen molar-refractivity contribution in [3.63, 3.8) is 0 Å². The van der Waals surface area contributed by atoms with Gasteiger partial charge in [0.15, 0.2) is 5.78 Å². The molecule has 0 aliphatic rings. The number of Topliss-reactive ketones (excluding diaryl/α,β-unsaturated/α-hetero) is 1. The number of thioether (sulfide) groups is 1. The topological polar surface area (TPSA) is 30.2 Å². The van der Waals surface area contributed by atoms with E-state index in [0.29, 0.717) is 23.3 Å². The molecule has 3 aromatic rings. The summed E-state index contributed by atoms with van der Waals surface area (Å²) < 4.78 is 44.1. The number of aryl methyl sites for hydroxylation is 1. The van der Waals surface area contributed by atoms with E-state index in [1.165, 1.54) is 0 Å². The van der Waals surface area contributed by atoms with Gasteiger partial charge in [0.2, 0.25) is 0 Å². The molecule has 0 saturated carbocycles. The summed E-state index contributed by atoms with van der Waals surface area (Å²) >= 11 is -0.0732. The fourth-order valence-corrected chi connectivity index (χ4v) is 3.73. The molecule has 0 aliphatic carbocycles. The van der Waals surface area contributed by atoms with Crippen molar-refractivity contribution in [3.05, 3.63) is 71.5 Å². The molecule has 0 N–H and O–H groups in total. The monoisotopic (exact) mass is 392 g/mol. The van der Waals surface area contributed by atoms with Crippen LogP contribution in [0.3, 0.4) is 0 Å². The summed E-state index contributed by atoms with van der Waals surface area (Å²) in [6.07, 6.45) is 0.471. The highest BCUT2D eigenvalue weighted by atomic mass is 32.2. The lowest BCUT2D eigenvalue weighted by molar-refractivity contribution is -0.0328. The van der Waals surface area contributed by atoms with E-state index in [4.69, 9.17) is 4.42 Å². The minimum atomic E-state index is -4.32. The predicted molar refractivity (Wildman–Crippen MR) is 102 cm³/mol. The molecule has 1 atom stereocenters. The van der Waals surface area contributed by atoms with Crippen molar-refractivity contribution in [2.75, 3.05) is 5.75 Å². The molecule has 1 heterocycles. The van der Waals surface area contributed by atoms with Gasteiger partial charge in [0.1, 0.15) is 11.3 Å². The largest absolute Gasteiger partial charge is 0.460 e. The number of carbonyl (C=O) groups is 1. The number of furan rings is 1. The Labute approximate surface area is 159 Å². The number of benzene rings is 2. The Bertz CT molecular complexity index is 916. The lowest BCUT2D eigenvalue weighted by Gasteiger charge is -2.15. The number of rotatable bonds is 7. The van der Waals surface area contributed by atoms with Gasteiger partial charge in [-0.2, -0.15) is 13.2 Å². The second-order valence-electron chi connectivity index (χ2n) is 6.42. The number of carbonyl (C=O) groups excluding carboxylic acids is 1. The molecule has 27 heavy (non-hydrogen) atoms. The van der Waals surface area contributed by atoms with Gasteiger partial charge >= 0.3 is 5.51 Å². The average Bonchev–Trinajstić information content (AvgIpc) is 3.07. The highest BCUT2D eigenvalue weighted by Gasteiger charge is 2.31. The Kier molecular flexibility index (Phi) is 5.95. The Hall–Kier alpha value is -2.21. The second kappa shape index (κ2) is 8.21. The first-order valence-electron chi connectivity index (χ1n) is 8.61. The van der Waals surface area contributed by atoms with Crippen molar-refractivity contribution in [1.29, 1.82) is 0 Å². The van der Waals surface area contributed by atoms with Crippen LogP contribution in [0.1, 0.15) is 40.4 Å². The minimum Gasteiger partial charge on any atom is -0.460 e. The molecule has 2 aromatic carbocycles. The van der Waals surface area contributed by atoms with Crippen molar-refractivity contribution in [2.24, 2.45) is 0 Å². The zero-order valence-corrected chi connectivity index (χ0v) is 15.6. The molecule has 1 aromatic heterocycles. The van der Waals surface area contributed by atoms with Crippen molar-refractivity contribution < 1.29 is 22.4 Å². The first-order valence-corrected chi connectivity index (χ1v) is 9.60. The van der Waals surface area contributed by atoms with E-state index in [1.54, 1.807) is 30.3 Å². The van der Waals surface area contributed by atoms with Gasteiger partial charge < -0.3 is 4.42 Å². The van der Waals surface area contributed by atoms with Gasteiger partial charge in [0, 0.05) is 29.0 Å². The van der Waals surface area contributed by atoms with Crippen LogP contribution in [-0.2, 0) is 0 Å². The van der Waals surface area contributed by atoms with Crippen molar-refractivity contribution in [3.8, 4) is 0 Å². The number of halogens is 3.